The number of aromatic nitrogens is 4. The van der Waals surface area contributed by atoms with Crippen molar-refractivity contribution in [1.82, 2.24) is 24.3 Å². The molecule has 4 rings (SSSR count). The maximum Gasteiger partial charge on any atom is 0.272 e. The fourth-order valence-corrected chi connectivity index (χ4v) is 3.65. The Morgan fingerprint density at radius 2 is 2.04 bits per heavy atom. The van der Waals surface area contributed by atoms with Gasteiger partial charge in [0, 0.05) is 30.4 Å². The molecule has 6 nitrogen and oxygen atoms in total. The lowest BCUT2D eigenvalue weighted by Gasteiger charge is -2.24. The molecule has 3 heterocycles. The quantitative estimate of drug-likeness (QED) is 0.539. The minimum absolute atomic E-state index is 0.129. The third-order valence-electron chi connectivity index (χ3n) is 4.50. The highest BCUT2D eigenvalue weighted by atomic mass is 32.1. The summed E-state index contributed by atoms with van der Waals surface area (Å²) in [6, 6.07) is 7.73. The van der Waals surface area contributed by atoms with Crippen molar-refractivity contribution in [3.8, 4) is 11.3 Å². The number of amides is 1. The number of carbonyl (C=O) groups excluding carboxylic acids is 1. The van der Waals surface area contributed by atoms with Gasteiger partial charge < -0.3 is 4.90 Å². The maximum absolute atomic E-state index is 13.1. The predicted molar refractivity (Wildman–Crippen MR) is 101 cm³/mol. The molecule has 1 atom stereocenters. The summed E-state index contributed by atoms with van der Waals surface area (Å²) in [6.07, 6.45) is 4.93. The summed E-state index contributed by atoms with van der Waals surface area (Å²) in [5.41, 5.74) is 2.79. The van der Waals surface area contributed by atoms with Gasteiger partial charge in [-0.3, -0.25) is 9.20 Å². The zero-order valence-electron chi connectivity index (χ0n) is 14.7. The number of imidazole rings is 1. The molecule has 0 aliphatic carbocycles. The van der Waals surface area contributed by atoms with Crippen LogP contribution in [0.5, 0.6) is 0 Å². The molecule has 0 radical (unpaired) electrons. The molecule has 1 amide bonds. The van der Waals surface area contributed by atoms with E-state index >= 15 is 0 Å². The van der Waals surface area contributed by atoms with Crippen LogP contribution < -0.4 is 0 Å². The minimum Gasteiger partial charge on any atom is -0.332 e. The second-order valence-corrected chi connectivity index (χ2v) is 6.97. The third-order valence-corrected chi connectivity index (χ3v) is 5.34. The third kappa shape index (κ3) is 3.19. The summed E-state index contributed by atoms with van der Waals surface area (Å²) in [6.45, 7) is 1.92. The standard InChI is InChI=1S/C19H16FN5OS/c1-12(15-7-8-21-11-22-15)24(2)18(26)17-10-27-19-23-16(9-25(17)19)13-3-5-14(20)6-4-13/h3-12H,1-2H3/t12-/m0/s1. The van der Waals surface area contributed by atoms with Crippen molar-refractivity contribution in [2.24, 2.45) is 0 Å². The highest BCUT2D eigenvalue weighted by Crippen LogP contribution is 2.26. The van der Waals surface area contributed by atoms with Crippen LogP contribution in [0, 0.1) is 5.82 Å². The molecule has 0 aliphatic heterocycles. The lowest BCUT2D eigenvalue weighted by molar-refractivity contribution is 0.0733. The van der Waals surface area contributed by atoms with Crippen LogP contribution >= 0.6 is 11.3 Å². The first-order valence-corrected chi connectivity index (χ1v) is 9.18. The number of fused-ring (bicyclic) bond motifs is 1. The number of carbonyl (C=O) groups is 1. The van der Waals surface area contributed by atoms with Gasteiger partial charge in [0.05, 0.1) is 17.4 Å². The number of hydrogen-bond acceptors (Lipinski definition) is 5. The number of nitrogens with zero attached hydrogens (tertiary/aromatic N) is 5. The SMILES string of the molecule is C[C@@H](c1ccncn1)N(C)C(=O)c1csc2nc(-c3ccc(F)cc3)cn12. The Morgan fingerprint density at radius 1 is 1.26 bits per heavy atom. The van der Waals surface area contributed by atoms with Crippen LogP contribution in [-0.2, 0) is 0 Å². The predicted octanol–water partition coefficient (Wildman–Crippen LogP) is 3.83. The number of hydrogen-bond donors (Lipinski definition) is 0. The molecule has 8 heteroatoms. The van der Waals surface area contributed by atoms with Gasteiger partial charge in [0.1, 0.15) is 17.8 Å². The fourth-order valence-electron chi connectivity index (χ4n) is 2.80. The first-order valence-electron chi connectivity index (χ1n) is 8.30. The second-order valence-electron chi connectivity index (χ2n) is 6.13. The molecule has 0 N–H and O–H groups in total. The lowest BCUT2D eigenvalue weighted by atomic mass is 10.2. The van der Waals surface area contributed by atoms with Gasteiger partial charge in [0.2, 0.25) is 0 Å². The van der Waals surface area contributed by atoms with Crippen LogP contribution in [0.1, 0.15) is 29.1 Å². The van der Waals surface area contributed by atoms with Gasteiger partial charge in [-0.05, 0) is 37.3 Å². The van der Waals surface area contributed by atoms with E-state index in [1.165, 1.54) is 29.8 Å². The van der Waals surface area contributed by atoms with Crippen molar-refractivity contribution in [2.45, 2.75) is 13.0 Å². The van der Waals surface area contributed by atoms with Crippen LogP contribution in [0.4, 0.5) is 4.39 Å². The Hall–Kier alpha value is -3.13. The smallest absolute Gasteiger partial charge is 0.272 e. The minimum atomic E-state index is -0.295. The van der Waals surface area contributed by atoms with E-state index in [9.17, 15) is 9.18 Å². The normalized spacial score (nSPS) is 12.3. The molecule has 4 aromatic rings. The summed E-state index contributed by atoms with van der Waals surface area (Å²) in [5.74, 6) is -0.425. The Bertz CT molecular complexity index is 1090. The molecule has 3 aromatic heterocycles. The molecule has 0 spiro atoms. The maximum atomic E-state index is 13.1. The molecular formula is C19H16FN5OS. The number of halogens is 1. The van der Waals surface area contributed by atoms with Gasteiger partial charge in [-0.2, -0.15) is 0 Å². The lowest BCUT2D eigenvalue weighted by Crippen LogP contribution is -2.30. The molecule has 136 valence electrons. The fraction of sp³-hybridized carbons (Fsp3) is 0.158. The van der Waals surface area contributed by atoms with Crippen molar-refractivity contribution >= 4 is 22.2 Å². The van der Waals surface area contributed by atoms with E-state index in [2.05, 4.69) is 15.0 Å². The van der Waals surface area contributed by atoms with Gasteiger partial charge in [0.25, 0.3) is 5.91 Å². The number of rotatable bonds is 4. The van der Waals surface area contributed by atoms with Crippen LogP contribution in [-0.4, -0.2) is 37.2 Å². The van der Waals surface area contributed by atoms with Crippen LogP contribution in [0.2, 0.25) is 0 Å². The highest BCUT2D eigenvalue weighted by molar-refractivity contribution is 7.15. The number of thiazole rings is 1. The van der Waals surface area contributed by atoms with Gasteiger partial charge in [-0.25, -0.2) is 19.3 Å². The van der Waals surface area contributed by atoms with E-state index in [0.29, 0.717) is 16.3 Å². The Balaban J connectivity index is 1.65. The molecule has 0 bridgehead atoms. The van der Waals surface area contributed by atoms with E-state index in [4.69, 9.17) is 0 Å². The molecule has 0 saturated carbocycles. The summed E-state index contributed by atoms with van der Waals surface area (Å²) in [5, 5.41) is 1.79. The monoisotopic (exact) mass is 381 g/mol. The average molecular weight is 381 g/mol. The highest BCUT2D eigenvalue weighted by Gasteiger charge is 2.23. The molecule has 1 aromatic carbocycles. The van der Waals surface area contributed by atoms with E-state index in [1.54, 1.807) is 52.3 Å². The van der Waals surface area contributed by atoms with Crippen molar-refractivity contribution < 1.29 is 9.18 Å². The van der Waals surface area contributed by atoms with Crippen molar-refractivity contribution in [3.05, 3.63) is 71.6 Å². The zero-order valence-corrected chi connectivity index (χ0v) is 15.5. The van der Waals surface area contributed by atoms with Crippen molar-refractivity contribution in [1.29, 1.82) is 0 Å². The summed E-state index contributed by atoms with van der Waals surface area (Å²) >= 11 is 1.39. The molecule has 0 saturated heterocycles. The van der Waals surface area contributed by atoms with Crippen LogP contribution in [0.15, 0.2) is 54.4 Å². The topological polar surface area (TPSA) is 63.4 Å². The van der Waals surface area contributed by atoms with E-state index in [0.717, 1.165) is 11.3 Å². The Morgan fingerprint density at radius 3 is 2.74 bits per heavy atom. The van der Waals surface area contributed by atoms with E-state index in [1.807, 2.05) is 6.92 Å². The van der Waals surface area contributed by atoms with Crippen LogP contribution in [0.25, 0.3) is 16.2 Å². The molecule has 0 unspecified atom stereocenters. The van der Waals surface area contributed by atoms with E-state index in [-0.39, 0.29) is 17.8 Å². The first kappa shape index (κ1) is 17.3. The second kappa shape index (κ2) is 6.88. The molecule has 0 fully saturated rings. The van der Waals surface area contributed by atoms with Gasteiger partial charge in [0.15, 0.2) is 4.96 Å². The molecule has 0 aliphatic rings. The van der Waals surface area contributed by atoms with E-state index < -0.39 is 0 Å². The Labute approximate surface area is 159 Å². The van der Waals surface area contributed by atoms with Gasteiger partial charge >= 0.3 is 0 Å². The van der Waals surface area contributed by atoms with Crippen LogP contribution in [0.3, 0.4) is 0 Å². The van der Waals surface area contributed by atoms with Gasteiger partial charge in [-0.15, -0.1) is 11.3 Å². The zero-order chi connectivity index (χ0) is 19.0. The van der Waals surface area contributed by atoms with Crippen molar-refractivity contribution in [3.63, 3.8) is 0 Å². The van der Waals surface area contributed by atoms with Crippen molar-refractivity contribution in [2.75, 3.05) is 7.05 Å². The van der Waals surface area contributed by atoms with Gasteiger partial charge in [-0.1, -0.05) is 0 Å². The average Bonchev–Trinajstić information content (AvgIpc) is 3.28. The first-order chi connectivity index (χ1) is 13.0. The largest absolute Gasteiger partial charge is 0.332 e. The number of benzene rings is 1. The Kier molecular flexibility index (Phi) is 4.41. The summed E-state index contributed by atoms with van der Waals surface area (Å²) in [4.78, 5) is 28.0. The summed E-state index contributed by atoms with van der Waals surface area (Å²) < 4.78 is 14.9. The molecule has 27 heavy (non-hydrogen) atoms. The summed E-state index contributed by atoms with van der Waals surface area (Å²) in [7, 11) is 1.75. The molecular weight excluding hydrogens is 365 g/mol.